The number of nitrogens with zero attached hydrogens (tertiary/aromatic N) is 1. The maximum atomic E-state index is 3.51. The second-order valence-electron chi connectivity index (χ2n) is 3.93. The van der Waals surface area contributed by atoms with Crippen molar-refractivity contribution in [1.82, 2.24) is 0 Å². The zero-order chi connectivity index (χ0) is 10.6. The predicted octanol–water partition coefficient (Wildman–Crippen LogP) is 3.46. The first kappa shape index (κ1) is 11.6. The molecule has 0 aliphatic heterocycles. The molecule has 1 nitrogen and oxygen atoms in total. The van der Waals surface area contributed by atoms with Gasteiger partial charge >= 0.3 is 0 Å². The van der Waals surface area contributed by atoms with Gasteiger partial charge in [-0.05, 0) is 24.5 Å². The van der Waals surface area contributed by atoms with Crippen LogP contribution in [-0.4, -0.2) is 18.9 Å². The topological polar surface area (TPSA) is 3.24 Å². The Labute approximate surface area is 95.2 Å². The van der Waals surface area contributed by atoms with Crippen LogP contribution < -0.4 is 4.90 Å². The number of anilines is 1. The molecule has 2 heteroatoms. The molecule has 0 bridgehead atoms. The summed E-state index contributed by atoms with van der Waals surface area (Å²) in [5.41, 5.74) is 2.68. The lowest BCUT2D eigenvalue weighted by Crippen LogP contribution is -2.25. The molecule has 1 aromatic rings. The number of para-hydroxylation sites is 1. The van der Waals surface area contributed by atoms with Gasteiger partial charge in [0, 0.05) is 24.6 Å². The maximum absolute atomic E-state index is 3.51. The Morgan fingerprint density at radius 2 is 2.00 bits per heavy atom. The Morgan fingerprint density at radius 3 is 2.57 bits per heavy atom. The Bertz CT molecular complexity index is 285. The molecule has 1 unspecified atom stereocenters. The lowest BCUT2D eigenvalue weighted by atomic mass is 10.1. The maximum Gasteiger partial charge on any atom is 0.0393 e. The minimum Gasteiger partial charge on any atom is -0.374 e. The number of hydrogen-bond donors (Lipinski definition) is 0. The molecule has 78 valence electrons. The molecule has 1 aromatic carbocycles. The van der Waals surface area contributed by atoms with Crippen LogP contribution in [-0.2, 0) is 0 Å². The van der Waals surface area contributed by atoms with Crippen LogP contribution in [0.25, 0.3) is 0 Å². The largest absolute Gasteiger partial charge is 0.374 e. The predicted molar refractivity (Wildman–Crippen MR) is 67.4 cm³/mol. The van der Waals surface area contributed by atoms with E-state index < -0.39 is 0 Å². The van der Waals surface area contributed by atoms with Gasteiger partial charge in [-0.2, -0.15) is 0 Å². The molecular weight excluding hydrogens is 238 g/mol. The van der Waals surface area contributed by atoms with Crippen molar-refractivity contribution >= 4 is 21.6 Å². The molecule has 1 atom stereocenters. The molecule has 0 fully saturated rings. The Hall–Kier alpha value is -0.500. The Kier molecular flexibility index (Phi) is 4.46. The van der Waals surface area contributed by atoms with Crippen molar-refractivity contribution in [2.45, 2.75) is 13.8 Å². The zero-order valence-corrected chi connectivity index (χ0v) is 10.7. The molecule has 1 rings (SSSR count). The third-order valence-corrected chi connectivity index (χ3v) is 3.48. The second-order valence-corrected chi connectivity index (χ2v) is 4.57. The highest BCUT2D eigenvalue weighted by Gasteiger charge is 2.07. The summed E-state index contributed by atoms with van der Waals surface area (Å²) in [7, 11) is 2.15. The number of alkyl halides is 1. The summed E-state index contributed by atoms with van der Waals surface area (Å²) in [6.45, 7) is 5.50. The molecule has 0 saturated carbocycles. The SMILES string of the molecule is Cc1ccccc1N(C)CC(C)CBr. The van der Waals surface area contributed by atoms with E-state index in [4.69, 9.17) is 0 Å². The van der Waals surface area contributed by atoms with E-state index in [-0.39, 0.29) is 0 Å². The third kappa shape index (κ3) is 3.02. The Balaban J connectivity index is 2.69. The normalized spacial score (nSPS) is 12.6. The highest BCUT2D eigenvalue weighted by Crippen LogP contribution is 2.19. The third-order valence-electron chi connectivity index (χ3n) is 2.38. The first-order valence-corrected chi connectivity index (χ1v) is 6.10. The quantitative estimate of drug-likeness (QED) is 0.746. The van der Waals surface area contributed by atoms with E-state index in [0.29, 0.717) is 5.92 Å². The average Bonchev–Trinajstić information content (AvgIpc) is 2.18. The minimum atomic E-state index is 0.680. The fourth-order valence-electron chi connectivity index (χ4n) is 1.61. The van der Waals surface area contributed by atoms with E-state index in [1.54, 1.807) is 0 Å². The number of halogens is 1. The van der Waals surface area contributed by atoms with Crippen molar-refractivity contribution in [2.75, 3.05) is 23.8 Å². The van der Waals surface area contributed by atoms with Gasteiger partial charge in [0.15, 0.2) is 0 Å². The van der Waals surface area contributed by atoms with Gasteiger partial charge in [-0.25, -0.2) is 0 Å². The summed E-state index contributed by atoms with van der Waals surface area (Å²) in [5.74, 6) is 0.680. The summed E-state index contributed by atoms with van der Waals surface area (Å²) in [5, 5.41) is 1.06. The first-order chi connectivity index (χ1) is 6.65. The van der Waals surface area contributed by atoms with Gasteiger partial charge in [0.2, 0.25) is 0 Å². The summed E-state index contributed by atoms with van der Waals surface area (Å²) < 4.78 is 0. The van der Waals surface area contributed by atoms with Gasteiger partial charge in [0.05, 0.1) is 0 Å². The molecule has 0 radical (unpaired) electrons. The molecule has 0 aliphatic carbocycles. The van der Waals surface area contributed by atoms with Crippen LogP contribution in [0.1, 0.15) is 12.5 Å². The number of rotatable bonds is 4. The van der Waals surface area contributed by atoms with E-state index >= 15 is 0 Å². The van der Waals surface area contributed by atoms with Crippen LogP contribution >= 0.6 is 15.9 Å². The highest BCUT2D eigenvalue weighted by molar-refractivity contribution is 9.09. The molecule has 0 amide bonds. The van der Waals surface area contributed by atoms with Crippen LogP contribution in [0.3, 0.4) is 0 Å². The number of benzene rings is 1. The molecular formula is C12H18BrN. The summed E-state index contributed by atoms with van der Waals surface area (Å²) in [6.07, 6.45) is 0. The van der Waals surface area contributed by atoms with Crippen LogP contribution in [0.4, 0.5) is 5.69 Å². The van der Waals surface area contributed by atoms with E-state index in [2.05, 4.69) is 66.0 Å². The van der Waals surface area contributed by atoms with Gasteiger partial charge in [0.25, 0.3) is 0 Å². The minimum absolute atomic E-state index is 0.680. The zero-order valence-electron chi connectivity index (χ0n) is 9.13. The van der Waals surface area contributed by atoms with E-state index in [0.717, 1.165) is 11.9 Å². The van der Waals surface area contributed by atoms with Crippen LogP contribution in [0, 0.1) is 12.8 Å². The smallest absolute Gasteiger partial charge is 0.0393 e. The first-order valence-electron chi connectivity index (χ1n) is 4.98. The molecule has 0 spiro atoms. The van der Waals surface area contributed by atoms with Gasteiger partial charge in [-0.3, -0.25) is 0 Å². The highest BCUT2D eigenvalue weighted by atomic mass is 79.9. The number of aryl methyl sites for hydroxylation is 1. The van der Waals surface area contributed by atoms with Crippen molar-refractivity contribution in [3.63, 3.8) is 0 Å². The van der Waals surface area contributed by atoms with E-state index in [1.807, 2.05) is 0 Å². The standard InChI is InChI=1S/C12H18BrN/c1-10(8-13)9-14(3)12-7-5-4-6-11(12)2/h4-7,10H,8-9H2,1-3H3. The monoisotopic (exact) mass is 255 g/mol. The molecule has 0 heterocycles. The molecule has 0 aromatic heterocycles. The fourth-order valence-corrected chi connectivity index (χ4v) is 1.81. The Morgan fingerprint density at radius 1 is 1.36 bits per heavy atom. The van der Waals surface area contributed by atoms with E-state index in [1.165, 1.54) is 11.3 Å². The van der Waals surface area contributed by atoms with Crippen molar-refractivity contribution in [3.05, 3.63) is 29.8 Å². The van der Waals surface area contributed by atoms with Crippen molar-refractivity contribution < 1.29 is 0 Å². The summed E-state index contributed by atoms with van der Waals surface area (Å²) in [6, 6.07) is 8.51. The average molecular weight is 256 g/mol. The summed E-state index contributed by atoms with van der Waals surface area (Å²) >= 11 is 3.51. The van der Waals surface area contributed by atoms with Gasteiger partial charge in [-0.15, -0.1) is 0 Å². The fraction of sp³-hybridized carbons (Fsp3) is 0.500. The molecule has 0 N–H and O–H groups in total. The van der Waals surface area contributed by atoms with Crippen molar-refractivity contribution in [2.24, 2.45) is 5.92 Å². The van der Waals surface area contributed by atoms with Gasteiger partial charge < -0.3 is 4.90 Å². The van der Waals surface area contributed by atoms with Crippen LogP contribution in [0.5, 0.6) is 0 Å². The van der Waals surface area contributed by atoms with Crippen molar-refractivity contribution in [3.8, 4) is 0 Å². The lowest BCUT2D eigenvalue weighted by Gasteiger charge is -2.24. The van der Waals surface area contributed by atoms with Crippen molar-refractivity contribution in [1.29, 1.82) is 0 Å². The number of hydrogen-bond acceptors (Lipinski definition) is 1. The molecule has 0 aliphatic rings. The van der Waals surface area contributed by atoms with Gasteiger partial charge in [-0.1, -0.05) is 41.1 Å². The molecule has 14 heavy (non-hydrogen) atoms. The lowest BCUT2D eigenvalue weighted by molar-refractivity contribution is 0.651. The second kappa shape index (κ2) is 5.40. The molecule has 0 saturated heterocycles. The summed E-state index contributed by atoms with van der Waals surface area (Å²) in [4.78, 5) is 2.32. The van der Waals surface area contributed by atoms with E-state index in [9.17, 15) is 0 Å². The van der Waals surface area contributed by atoms with Gasteiger partial charge in [0.1, 0.15) is 0 Å². The van der Waals surface area contributed by atoms with Crippen LogP contribution in [0.2, 0.25) is 0 Å². The van der Waals surface area contributed by atoms with Crippen LogP contribution in [0.15, 0.2) is 24.3 Å².